The summed E-state index contributed by atoms with van der Waals surface area (Å²) in [5, 5.41) is 8.70. The SMILES string of the molecule is CCCCOCCn1c(=O)oc2ccc(-c3ccc(CCC#N)cc3)cc21. The summed E-state index contributed by atoms with van der Waals surface area (Å²) >= 11 is 0. The number of hydrogen-bond donors (Lipinski definition) is 0. The first kappa shape index (κ1) is 18.9. The van der Waals surface area contributed by atoms with Gasteiger partial charge in [0.1, 0.15) is 0 Å². The second-order valence-electron chi connectivity index (χ2n) is 6.52. The van der Waals surface area contributed by atoms with Gasteiger partial charge < -0.3 is 9.15 Å². The van der Waals surface area contributed by atoms with Crippen LogP contribution in [0.4, 0.5) is 0 Å². The van der Waals surface area contributed by atoms with Crippen molar-refractivity contribution in [2.75, 3.05) is 13.2 Å². The predicted octanol–water partition coefficient (Wildman–Crippen LogP) is 4.53. The Hall–Kier alpha value is -2.84. The Morgan fingerprint density at radius 2 is 1.89 bits per heavy atom. The lowest BCUT2D eigenvalue weighted by Gasteiger charge is -2.06. The van der Waals surface area contributed by atoms with Gasteiger partial charge in [-0.1, -0.05) is 43.7 Å². The molecule has 0 radical (unpaired) electrons. The zero-order valence-corrected chi connectivity index (χ0v) is 15.6. The molecule has 3 rings (SSSR count). The minimum atomic E-state index is -0.354. The standard InChI is InChI=1S/C22H24N2O3/c1-2-3-14-26-15-13-24-20-16-19(10-11-21(20)27-22(24)25)18-8-6-17(7-9-18)5-4-12-23/h6-11,16H,2-5,13-15H2,1H3. The zero-order chi connectivity index (χ0) is 19.1. The number of aromatic nitrogens is 1. The van der Waals surface area contributed by atoms with E-state index in [0.29, 0.717) is 31.8 Å². The molecule has 2 aromatic carbocycles. The maximum atomic E-state index is 12.2. The highest BCUT2D eigenvalue weighted by Crippen LogP contribution is 2.25. The Morgan fingerprint density at radius 3 is 2.63 bits per heavy atom. The van der Waals surface area contributed by atoms with E-state index in [4.69, 9.17) is 14.4 Å². The van der Waals surface area contributed by atoms with Gasteiger partial charge in [0.05, 0.1) is 24.7 Å². The first-order valence-electron chi connectivity index (χ1n) is 9.40. The van der Waals surface area contributed by atoms with Gasteiger partial charge in [0, 0.05) is 13.0 Å². The van der Waals surface area contributed by atoms with Crippen LogP contribution in [0.15, 0.2) is 51.7 Å². The van der Waals surface area contributed by atoms with Crippen molar-refractivity contribution in [3.8, 4) is 17.2 Å². The average molecular weight is 364 g/mol. The lowest BCUT2D eigenvalue weighted by molar-refractivity contribution is 0.123. The third kappa shape index (κ3) is 4.66. The lowest BCUT2D eigenvalue weighted by Crippen LogP contribution is -2.17. The van der Waals surface area contributed by atoms with E-state index in [2.05, 4.69) is 13.0 Å². The van der Waals surface area contributed by atoms with Gasteiger partial charge >= 0.3 is 5.76 Å². The summed E-state index contributed by atoms with van der Waals surface area (Å²) in [6, 6.07) is 16.1. The van der Waals surface area contributed by atoms with Crippen molar-refractivity contribution in [1.29, 1.82) is 5.26 Å². The predicted molar refractivity (Wildman–Crippen MR) is 106 cm³/mol. The molecular formula is C22H24N2O3. The highest BCUT2D eigenvalue weighted by molar-refractivity contribution is 5.80. The number of ether oxygens (including phenoxy) is 1. The molecule has 0 aliphatic heterocycles. The van der Waals surface area contributed by atoms with Crippen molar-refractivity contribution in [2.45, 2.75) is 39.2 Å². The van der Waals surface area contributed by atoms with Crippen molar-refractivity contribution in [3.63, 3.8) is 0 Å². The molecule has 0 bridgehead atoms. The molecule has 0 saturated heterocycles. The molecular weight excluding hydrogens is 340 g/mol. The van der Waals surface area contributed by atoms with E-state index in [1.165, 1.54) is 0 Å². The molecule has 0 fully saturated rings. The number of fused-ring (bicyclic) bond motifs is 1. The zero-order valence-electron chi connectivity index (χ0n) is 15.6. The molecule has 0 amide bonds. The van der Waals surface area contributed by atoms with Crippen LogP contribution in [0.2, 0.25) is 0 Å². The maximum absolute atomic E-state index is 12.2. The Bertz CT molecular complexity index is 977. The second kappa shape index (κ2) is 9.20. The Labute approximate surface area is 158 Å². The smallest absolute Gasteiger partial charge is 0.408 e. The van der Waals surface area contributed by atoms with Gasteiger partial charge in [-0.3, -0.25) is 4.57 Å². The summed E-state index contributed by atoms with van der Waals surface area (Å²) in [6.45, 7) is 3.80. The van der Waals surface area contributed by atoms with Crippen molar-refractivity contribution < 1.29 is 9.15 Å². The van der Waals surface area contributed by atoms with Gasteiger partial charge in [0.15, 0.2) is 5.58 Å². The molecule has 0 atom stereocenters. The average Bonchev–Trinajstić information content (AvgIpc) is 3.01. The molecule has 0 unspecified atom stereocenters. The molecule has 5 heteroatoms. The Morgan fingerprint density at radius 1 is 1.11 bits per heavy atom. The number of benzene rings is 2. The van der Waals surface area contributed by atoms with Crippen molar-refractivity contribution in [3.05, 3.63) is 58.6 Å². The van der Waals surface area contributed by atoms with Crippen LogP contribution in [0.3, 0.4) is 0 Å². The summed E-state index contributed by atoms with van der Waals surface area (Å²) in [6.07, 6.45) is 3.39. The van der Waals surface area contributed by atoms with Crippen LogP contribution < -0.4 is 5.76 Å². The summed E-state index contributed by atoms with van der Waals surface area (Å²) in [4.78, 5) is 12.2. The number of nitriles is 1. The fourth-order valence-electron chi connectivity index (χ4n) is 3.02. The van der Waals surface area contributed by atoms with E-state index in [-0.39, 0.29) is 5.76 Å². The second-order valence-corrected chi connectivity index (χ2v) is 6.52. The molecule has 0 N–H and O–H groups in total. The first-order chi connectivity index (χ1) is 13.2. The molecule has 140 valence electrons. The van der Waals surface area contributed by atoms with Gasteiger partial charge in [0.2, 0.25) is 0 Å². The number of aryl methyl sites for hydroxylation is 1. The number of hydrogen-bond acceptors (Lipinski definition) is 4. The highest BCUT2D eigenvalue weighted by atomic mass is 16.5. The van der Waals surface area contributed by atoms with E-state index < -0.39 is 0 Å². The molecule has 0 aliphatic carbocycles. The molecule has 0 saturated carbocycles. The molecule has 3 aromatic rings. The van der Waals surface area contributed by atoms with E-state index in [9.17, 15) is 4.79 Å². The van der Waals surface area contributed by atoms with Gasteiger partial charge in [0.25, 0.3) is 0 Å². The maximum Gasteiger partial charge on any atom is 0.420 e. The third-order valence-electron chi connectivity index (χ3n) is 4.58. The fourth-order valence-corrected chi connectivity index (χ4v) is 3.02. The van der Waals surface area contributed by atoms with Crippen LogP contribution >= 0.6 is 0 Å². The topological polar surface area (TPSA) is 68.2 Å². The number of oxazole rings is 1. The van der Waals surface area contributed by atoms with E-state index in [1.54, 1.807) is 4.57 Å². The van der Waals surface area contributed by atoms with E-state index in [1.807, 2.05) is 42.5 Å². The molecule has 5 nitrogen and oxygen atoms in total. The summed E-state index contributed by atoms with van der Waals surface area (Å²) in [5.41, 5.74) is 4.60. The first-order valence-corrected chi connectivity index (χ1v) is 9.40. The quantitative estimate of drug-likeness (QED) is 0.523. The normalized spacial score (nSPS) is 11.0. The molecule has 0 spiro atoms. The number of rotatable bonds is 9. The molecule has 27 heavy (non-hydrogen) atoms. The van der Waals surface area contributed by atoms with Crippen LogP contribution in [0.25, 0.3) is 22.2 Å². The summed E-state index contributed by atoms with van der Waals surface area (Å²) < 4.78 is 12.6. The van der Waals surface area contributed by atoms with Crippen molar-refractivity contribution in [2.24, 2.45) is 0 Å². The van der Waals surface area contributed by atoms with Crippen LogP contribution in [-0.4, -0.2) is 17.8 Å². The van der Waals surface area contributed by atoms with E-state index in [0.717, 1.165) is 41.5 Å². The highest BCUT2D eigenvalue weighted by Gasteiger charge is 2.10. The van der Waals surface area contributed by atoms with Crippen LogP contribution in [0.5, 0.6) is 0 Å². The van der Waals surface area contributed by atoms with Crippen molar-refractivity contribution in [1.82, 2.24) is 4.57 Å². The van der Waals surface area contributed by atoms with Crippen LogP contribution in [0.1, 0.15) is 31.7 Å². The largest absolute Gasteiger partial charge is 0.420 e. The van der Waals surface area contributed by atoms with Gasteiger partial charge in [-0.05, 0) is 41.7 Å². The van der Waals surface area contributed by atoms with Crippen LogP contribution in [0, 0.1) is 11.3 Å². The minimum Gasteiger partial charge on any atom is -0.408 e. The van der Waals surface area contributed by atoms with Gasteiger partial charge in [-0.2, -0.15) is 5.26 Å². The Kier molecular flexibility index (Phi) is 6.45. The molecule has 1 heterocycles. The summed E-state index contributed by atoms with van der Waals surface area (Å²) in [5.74, 6) is -0.354. The van der Waals surface area contributed by atoms with Gasteiger partial charge in [-0.15, -0.1) is 0 Å². The number of unbranched alkanes of at least 4 members (excludes halogenated alkanes) is 1. The van der Waals surface area contributed by atoms with Crippen LogP contribution in [-0.2, 0) is 17.7 Å². The Balaban J connectivity index is 1.80. The fraction of sp³-hybridized carbons (Fsp3) is 0.364. The molecule has 0 aliphatic rings. The summed E-state index contributed by atoms with van der Waals surface area (Å²) in [7, 11) is 0. The third-order valence-corrected chi connectivity index (χ3v) is 4.58. The molecule has 1 aromatic heterocycles. The van der Waals surface area contributed by atoms with Crippen molar-refractivity contribution >= 4 is 11.1 Å². The number of nitrogens with zero attached hydrogens (tertiary/aromatic N) is 2. The lowest BCUT2D eigenvalue weighted by atomic mass is 10.0. The minimum absolute atomic E-state index is 0.354. The van der Waals surface area contributed by atoms with E-state index >= 15 is 0 Å². The monoisotopic (exact) mass is 364 g/mol. The van der Waals surface area contributed by atoms with Gasteiger partial charge in [-0.25, -0.2) is 4.79 Å².